The van der Waals surface area contributed by atoms with E-state index in [0.29, 0.717) is 22.3 Å². The minimum Gasteiger partial charge on any atom is -0.263 e. The molecule has 0 saturated carbocycles. The summed E-state index contributed by atoms with van der Waals surface area (Å²) in [5.74, 6) is 0.888. The maximum Gasteiger partial charge on any atom is 0.416 e. The third kappa shape index (κ3) is 2.55. The first-order chi connectivity index (χ1) is 8.41. The normalized spacial score (nSPS) is 11.8. The van der Waals surface area contributed by atoms with Crippen LogP contribution in [-0.2, 0) is 12.6 Å². The summed E-state index contributed by atoms with van der Waals surface area (Å²) in [6.07, 6.45) is -3.73. The van der Waals surface area contributed by atoms with Crippen LogP contribution in [0.4, 0.5) is 13.2 Å². The molecule has 2 aromatic rings. The second-order valence-electron chi connectivity index (χ2n) is 3.65. The summed E-state index contributed by atoms with van der Waals surface area (Å²) >= 11 is 3.20. The van der Waals surface area contributed by atoms with Crippen LogP contribution in [0.15, 0.2) is 22.7 Å². The number of aryl methyl sites for hydroxylation is 1. The monoisotopic (exact) mass is 319 g/mol. The average molecular weight is 320 g/mol. The number of benzene rings is 1. The molecular formula is C11H9BrF3N3. The molecule has 1 heterocycles. The molecule has 3 nitrogen and oxygen atoms in total. The van der Waals surface area contributed by atoms with Gasteiger partial charge in [-0.05, 0) is 18.2 Å². The van der Waals surface area contributed by atoms with Gasteiger partial charge >= 0.3 is 6.18 Å². The fraction of sp³-hybridized carbons (Fsp3) is 0.273. The minimum atomic E-state index is -4.38. The molecule has 0 spiro atoms. The van der Waals surface area contributed by atoms with Gasteiger partial charge in [-0.15, -0.1) is 0 Å². The van der Waals surface area contributed by atoms with Crippen LogP contribution in [0.3, 0.4) is 0 Å². The quantitative estimate of drug-likeness (QED) is 0.914. The van der Waals surface area contributed by atoms with Crippen molar-refractivity contribution in [3.8, 4) is 11.4 Å². The number of nitrogens with zero attached hydrogens (tertiary/aromatic N) is 2. The molecule has 0 amide bonds. The zero-order chi connectivity index (χ0) is 13.3. The van der Waals surface area contributed by atoms with Crippen LogP contribution in [0.1, 0.15) is 18.3 Å². The van der Waals surface area contributed by atoms with E-state index in [2.05, 4.69) is 31.1 Å². The Morgan fingerprint density at radius 1 is 1.33 bits per heavy atom. The predicted octanol–water partition coefficient (Wildman–Crippen LogP) is 3.82. The summed E-state index contributed by atoms with van der Waals surface area (Å²) in [7, 11) is 0. The van der Waals surface area contributed by atoms with E-state index in [-0.39, 0.29) is 5.82 Å². The molecule has 0 aliphatic heterocycles. The predicted molar refractivity (Wildman–Crippen MR) is 63.9 cm³/mol. The van der Waals surface area contributed by atoms with E-state index in [1.54, 1.807) is 0 Å². The van der Waals surface area contributed by atoms with Crippen molar-refractivity contribution in [2.24, 2.45) is 0 Å². The number of aromatic nitrogens is 3. The van der Waals surface area contributed by atoms with Crippen LogP contribution >= 0.6 is 15.9 Å². The van der Waals surface area contributed by atoms with Gasteiger partial charge in [-0.2, -0.15) is 18.3 Å². The topological polar surface area (TPSA) is 41.6 Å². The van der Waals surface area contributed by atoms with Crippen LogP contribution in [-0.4, -0.2) is 15.2 Å². The van der Waals surface area contributed by atoms with Crippen LogP contribution in [0.5, 0.6) is 0 Å². The molecule has 1 aromatic heterocycles. The Kier molecular flexibility index (Phi) is 3.43. The molecule has 0 unspecified atom stereocenters. The number of halogens is 4. The summed E-state index contributed by atoms with van der Waals surface area (Å²) in [6.45, 7) is 1.88. The van der Waals surface area contributed by atoms with Gasteiger partial charge in [-0.3, -0.25) is 5.10 Å². The average Bonchev–Trinajstić information content (AvgIpc) is 2.76. The Morgan fingerprint density at radius 3 is 2.61 bits per heavy atom. The minimum absolute atomic E-state index is 0.254. The van der Waals surface area contributed by atoms with Gasteiger partial charge in [-0.1, -0.05) is 22.9 Å². The Morgan fingerprint density at radius 2 is 2.06 bits per heavy atom. The molecule has 0 aliphatic rings. The van der Waals surface area contributed by atoms with Gasteiger partial charge in [0.1, 0.15) is 5.82 Å². The van der Waals surface area contributed by atoms with Crippen molar-refractivity contribution in [2.75, 3.05) is 0 Å². The molecule has 18 heavy (non-hydrogen) atoms. The number of alkyl halides is 3. The molecule has 7 heteroatoms. The van der Waals surface area contributed by atoms with Gasteiger partial charge in [0.25, 0.3) is 0 Å². The number of H-pyrrole nitrogens is 1. The van der Waals surface area contributed by atoms with Crippen molar-refractivity contribution < 1.29 is 13.2 Å². The highest BCUT2D eigenvalue weighted by molar-refractivity contribution is 9.10. The zero-order valence-corrected chi connectivity index (χ0v) is 10.9. The first kappa shape index (κ1) is 13.1. The van der Waals surface area contributed by atoms with Gasteiger partial charge < -0.3 is 0 Å². The van der Waals surface area contributed by atoms with E-state index in [9.17, 15) is 13.2 Å². The summed E-state index contributed by atoms with van der Waals surface area (Å²) in [5, 5.41) is 6.58. The summed E-state index contributed by atoms with van der Waals surface area (Å²) in [6, 6.07) is 3.40. The molecule has 0 fully saturated rings. The van der Waals surface area contributed by atoms with Crippen LogP contribution in [0, 0.1) is 0 Å². The third-order valence-corrected chi connectivity index (χ3v) is 3.09. The molecule has 0 bridgehead atoms. The highest BCUT2D eigenvalue weighted by atomic mass is 79.9. The lowest BCUT2D eigenvalue weighted by Gasteiger charge is -2.08. The van der Waals surface area contributed by atoms with Crippen LogP contribution in [0.2, 0.25) is 0 Å². The summed E-state index contributed by atoms with van der Waals surface area (Å²) in [5.41, 5.74) is -0.399. The van der Waals surface area contributed by atoms with Crippen LogP contribution in [0.25, 0.3) is 11.4 Å². The van der Waals surface area contributed by atoms with Crippen LogP contribution < -0.4 is 0 Å². The number of hydrogen-bond acceptors (Lipinski definition) is 2. The number of aromatic amines is 1. The van der Waals surface area contributed by atoms with Crippen molar-refractivity contribution >= 4 is 15.9 Å². The van der Waals surface area contributed by atoms with Gasteiger partial charge in [0.15, 0.2) is 5.82 Å². The molecular weight excluding hydrogens is 311 g/mol. The number of hydrogen-bond donors (Lipinski definition) is 1. The standard InChI is InChI=1S/C11H9BrF3N3/c1-2-9-16-10(18-17-9)7-5-6(11(13,14)15)3-4-8(7)12/h3-5H,2H2,1H3,(H,16,17,18). The molecule has 1 aromatic carbocycles. The molecule has 2 rings (SSSR count). The largest absolute Gasteiger partial charge is 0.416 e. The fourth-order valence-corrected chi connectivity index (χ4v) is 1.87. The lowest BCUT2D eigenvalue weighted by Crippen LogP contribution is -2.05. The van der Waals surface area contributed by atoms with Crippen molar-refractivity contribution in [3.63, 3.8) is 0 Å². The molecule has 1 N–H and O–H groups in total. The van der Waals surface area contributed by atoms with Crippen molar-refractivity contribution in [1.29, 1.82) is 0 Å². The number of nitrogens with one attached hydrogen (secondary N) is 1. The lowest BCUT2D eigenvalue weighted by atomic mass is 10.1. The van der Waals surface area contributed by atoms with Gasteiger partial charge in [-0.25, -0.2) is 4.98 Å². The van der Waals surface area contributed by atoms with E-state index >= 15 is 0 Å². The summed E-state index contributed by atoms with van der Waals surface area (Å²) < 4.78 is 38.4. The van der Waals surface area contributed by atoms with E-state index in [1.807, 2.05) is 6.92 Å². The van der Waals surface area contributed by atoms with Crippen molar-refractivity contribution in [3.05, 3.63) is 34.1 Å². The Labute approximate surface area is 110 Å². The maximum absolute atomic E-state index is 12.6. The molecule has 96 valence electrons. The smallest absolute Gasteiger partial charge is 0.263 e. The second kappa shape index (κ2) is 4.72. The van der Waals surface area contributed by atoms with E-state index in [0.717, 1.165) is 12.1 Å². The van der Waals surface area contributed by atoms with Gasteiger partial charge in [0.05, 0.1) is 5.56 Å². The first-order valence-electron chi connectivity index (χ1n) is 5.20. The Balaban J connectivity index is 2.49. The molecule has 0 atom stereocenters. The van der Waals surface area contributed by atoms with Crippen molar-refractivity contribution in [2.45, 2.75) is 19.5 Å². The third-order valence-electron chi connectivity index (χ3n) is 2.40. The summed E-state index contributed by atoms with van der Waals surface area (Å²) in [4.78, 5) is 4.12. The fourth-order valence-electron chi connectivity index (χ4n) is 1.45. The molecule has 0 aliphatic carbocycles. The van der Waals surface area contributed by atoms with E-state index in [1.165, 1.54) is 6.07 Å². The maximum atomic E-state index is 12.6. The SMILES string of the molecule is CCc1nc(-c2cc(C(F)(F)F)ccc2Br)n[nH]1. The van der Waals surface area contributed by atoms with Gasteiger partial charge in [0, 0.05) is 16.5 Å². The molecule has 0 radical (unpaired) electrons. The Hall–Kier alpha value is -1.37. The van der Waals surface area contributed by atoms with E-state index < -0.39 is 11.7 Å². The van der Waals surface area contributed by atoms with Crippen molar-refractivity contribution in [1.82, 2.24) is 15.2 Å². The Bertz CT molecular complexity index is 563. The first-order valence-corrected chi connectivity index (χ1v) is 5.99. The molecule has 0 saturated heterocycles. The number of rotatable bonds is 2. The van der Waals surface area contributed by atoms with Gasteiger partial charge in [0.2, 0.25) is 0 Å². The lowest BCUT2D eigenvalue weighted by molar-refractivity contribution is -0.137. The second-order valence-corrected chi connectivity index (χ2v) is 4.51. The van der Waals surface area contributed by atoms with E-state index in [4.69, 9.17) is 0 Å². The highest BCUT2D eigenvalue weighted by Crippen LogP contribution is 2.34. The highest BCUT2D eigenvalue weighted by Gasteiger charge is 2.31. The zero-order valence-electron chi connectivity index (χ0n) is 9.35.